The van der Waals surface area contributed by atoms with Gasteiger partial charge < -0.3 is 33.8 Å². The summed E-state index contributed by atoms with van der Waals surface area (Å²) in [5.41, 5.74) is 0. The van der Waals surface area contributed by atoms with Crippen LogP contribution in [0.5, 0.6) is 0 Å². The fraction of sp³-hybridized carbons (Fsp3) is 0.951. The molecule has 5 atom stereocenters. The molecule has 0 heterocycles. The van der Waals surface area contributed by atoms with Crippen LogP contribution in [0.4, 0.5) is 0 Å². The van der Waals surface area contributed by atoms with Crippen LogP contribution in [0, 0.1) is 11.8 Å². The van der Waals surface area contributed by atoms with E-state index in [1.165, 1.54) is 238 Å². The molecule has 0 spiro atoms. The number of unbranched alkanes of at least 4 members (excludes halogenated alkanes) is 50. The Morgan fingerprint density at radius 3 is 0.680 bits per heavy atom. The van der Waals surface area contributed by atoms with Gasteiger partial charge in [0, 0.05) is 25.7 Å². The quantitative estimate of drug-likeness (QED) is 0.0222. The van der Waals surface area contributed by atoms with Crippen LogP contribution < -0.4 is 0 Å². The van der Waals surface area contributed by atoms with Gasteiger partial charge in [0.15, 0.2) is 12.2 Å². The summed E-state index contributed by atoms with van der Waals surface area (Å²) in [6.07, 6.45) is 62.6. The summed E-state index contributed by atoms with van der Waals surface area (Å²) in [7, 11) is -9.92. The minimum atomic E-state index is -4.96. The molecule has 0 aromatic heterocycles. The van der Waals surface area contributed by atoms with Gasteiger partial charge in [0.25, 0.3) is 0 Å². The van der Waals surface area contributed by atoms with Crippen molar-refractivity contribution in [1.82, 2.24) is 0 Å². The third-order valence-electron chi connectivity index (χ3n) is 19.0. The van der Waals surface area contributed by atoms with Crippen LogP contribution in [0.1, 0.15) is 427 Å². The molecule has 19 heteroatoms. The smallest absolute Gasteiger partial charge is 0.462 e. The Bertz CT molecular complexity index is 1920. The lowest BCUT2D eigenvalue weighted by atomic mass is 10.0. The SMILES string of the molecule is CCCCCCCCCCCCCCCCCCCCCCCCC(=O)O[C@H](COC(=O)CCCCCCCCCCCCCCC(C)C)COP(=O)(O)OC[C@@H](O)COP(=O)(O)OC[C@@H](COC(=O)CCCCCCCCCC(C)C)OC(=O)CCCCCCCCCCCCCCC. The fourth-order valence-electron chi connectivity index (χ4n) is 12.5. The standard InChI is InChI=1S/C81H158O17P2/c1-7-9-11-13-15-17-19-21-22-23-24-25-26-27-28-29-31-37-41-47-54-60-66-81(86)97-76(69-91-78(83)63-57-51-45-39-35-33-32-34-38-43-49-55-61-73(3)4)71-95-99(87,88)93-67-75(82)68-94-100(89,90)96-72-77(70-92-79(84)64-58-52-48-42-44-50-56-62-74(5)6)98-80(85)65-59-53-46-40-36-30-20-18-16-14-12-10-8-2/h73-77,82H,7-72H2,1-6H3,(H,87,88)(H,89,90)/t75-,76-,77-/m1/s1. The lowest BCUT2D eigenvalue weighted by Crippen LogP contribution is -2.30. The van der Waals surface area contributed by atoms with Crippen LogP contribution in [0.2, 0.25) is 0 Å². The molecule has 2 unspecified atom stereocenters. The Hall–Kier alpha value is -1.94. The summed E-state index contributed by atoms with van der Waals surface area (Å²) in [6.45, 7) is 9.59. The molecule has 0 bridgehead atoms. The van der Waals surface area contributed by atoms with E-state index in [1.807, 2.05) is 0 Å². The molecule has 0 saturated carbocycles. The van der Waals surface area contributed by atoms with E-state index in [0.29, 0.717) is 31.6 Å². The monoisotopic (exact) mass is 1470 g/mol. The van der Waals surface area contributed by atoms with E-state index in [2.05, 4.69) is 41.5 Å². The summed E-state index contributed by atoms with van der Waals surface area (Å²) >= 11 is 0. The predicted octanol–water partition coefficient (Wildman–Crippen LogP) is 24.3. The summed E-state index contributed by atoms with van der Waals surface area (Å²) in [5, 5.41) is 10.6. The Labute approximate surface area is 613 Å². The average molecular weight is 1470 g/mol. The van der Waals surface area contributed by atoms with Crippen molar-refractivity contribution in [2.24, 2.45) is 11.8 Å². The van der Waals surface area contributed by atoms with Crippen molar-refractivity contribution in [1.29, 1.82) is 0 Å². The van der Waals surface area contributed by atoms with Crippen molar-refractivity contribution in [3.05, 3.63) is 0 Å². The Morgan fingerprint density at radius 2 is 0.460 bits per heavy atom. The Morgan fingerprint density at radius 1 is 0.270 bits per heavy atom. The third-order valence-corrected chi connectivity index (χ3v) is 20.9. The van der Waals surface area contributed by atoms with E-state index in [0.717, 1.165) is 102 Å². The van der Waals surface area contributed by atoms with E-state index in [9.17, 15) is 43.2 Å². The van der Waals surface area contributed by atoms with Gasteiger partial charge in [-0.1, -0.05) is 375 Å². The summed E-state index contributed by atoms with van der Waals surface area (Å²) < 4.78 is 68.7. The molecule has 594 valence electrons. The summed E-state index contributed by atoms with van der Waals surface area (Å²) in [4.78, 5) is 73.0. The highest BCUT2D eigenvalue weighted by Crippen LogP contribution is 2.45. The van der Waals surface area contributed by atoms with Crippen molar-refractivity contribution >= 4 is 39.5 Å². The van der Waals surface area contributed by atoms with Gasteiger partial charge >= 0.3 is 39.5 Å². The minimum absolute atomic E-state index is 0.107. The van der Waals surface area contributed by atoms with E-state index in [1.54, 1.807) is 0 Å². The number of carbonyl (C=O) groups excluding carboxylic acids is 4. The summed E-state index contributed by atoms with van der Waals surface area (Å²) in [6, 6.07) is 0. The first-order valence-electron chi connectivity index (χ1n) is 42.0. The third kappa shape index (κ3) is 74.3. The lowest BCUT2D eigenvalue weighted by Gasteiger charge is -2.21. The van der Waals surface area contributed by atoms with Crippen LogP contribution in [0.15, 0.2) is 0 Å². The van der Waals surface area contributed by atoms with Gasteiger partial charge in [0.1, 0.15) is 19.3 Å². The number of ether oxygens (including phenoxy) is 4. The molecule has 17 nitrogen and oxygen atoms in total. The minimum Gasteiger partial charge on any atom is -0.462 e. The topological polar surface area (TPSA) is 237 Å². The number of hydrogen-bond acceptors (Lipinski definition) is 15. The fourth-order valence-corrected chi connectivity index (χ4v) is 14.1. The molecule has 3 N–H and O–H groups in total. The van der Waals surface area contributed by atoms with Gasteiger partial charge in [-0.3, -0.25) is 37.3 Å². The molecule has 0 fully saturated rings. The average Bonchev–Trinajstić information content (AvgIpc) is 0.914. The van der Waals surface area contributed by atoms with E-state index in [4.69, 9.17) is 37.0 Å². The van der Waals surface area contributed by atoms with Crippen molar-refractivity contribution in [3.8, 4) is 0 Å². The highest BCUT2D eigenvalue weighted by Gasteiger charge is 2.30. The lowest BCUT2D eigenvalue weighted by molar-refractivity contribution is -0.161. The largest absolute Gasteiger partial charge is 0.472 e. The van der Waals surface area contributed by atoms with Gasteiger partial charge in [-0.05, 0) is 37.5 Å². The molecular formula is C81H158O17P2. The maximum absolute atomic E-state index is 13.1. The highest BCUT2D eigenvalue weighted by atomic mass is 31.2. The molecule has 0 aliphatic heterocycles. The van der Waals surface area contributed by atoms with Crippen LogP contribution in [-0.2, 0) is 65.4 Å². The first-order valence-corrected chi connectivity index (χ1v) is 45.0. The maximum Gasteiger partial charge on any atom is 0.472 e. The van der Waals surface area contributed by atoms with Crippen molar-refractivity contribution in [3.63, 3.8) is 0 Å². The van der Waals surface area contributed by atoms with Gasteiger partial charge in [-0.15, -0.1) is 0 Å². The molecule has 0 aliphatic rings. The molecular weight excluding hydrogens is 1310 g/mol. The second kappa shape index (κ2) is 72.6. The Kier molecular flexibility index (Phi) is 71.2. The van der Waals surface area contributed by atoms with Gasteiger partial charge in [-0.2, -0.15) is 0 Å². The molecule has 0 amide bonds. The first kappa shape index (κ1) is 98.1. The molecule has 0 saturated heterocycles. The zero-order valence-electron chi connectivity index (χ0n) is 65.5. The second-order valence-electron chi connectivity index (χ2n) is 30.1. The van der Waals surface area contributed by atoms with E-state index < -0.39 is 97.5 Å². The zero-order chi connectivity index (χ0) is 73.5. The molecule has 0 aliphatic carbocycles. The van der Waals surface area contributed by atoms with E-state index >= 15 is 0 Å². The highest BCUT2D eigenvalue weighted by molar-refractivity contribution is 7.47. The van der Waals surface area contributed by atoms with Gasteiger partial charge in [0.05, 0.1) is 26.4 Å². The number of rotatable bonds is 80. The Balaban J connectivity index is 5.20. The summed E-state index contributed by atoms with van der Waals surface area (Å²) in [5.74, 6) is -0.623. The van der Waals surface area contributed by atoms with E-state index in [-0.39, 0.29) is 25.7 Å². The molecule has 0 radical (unpaired) electrons. The van der Waals surface area contributed by atoms with Crippen LogP contribution in [0.3, 0.4) is 0 Å². The molecule has 100 heavy (non-hydrogen) atoms. The van der Waals surface area contributed by atoms with Crippen molar-refractivity contribution in [2.75, 3.05) is 39.6 Å². The number of phosphoric ester groups is 2. The van der Waals surface area contributed by atoms with Crippen molar-refractivity contribution < 1.29 is 80.2 Å². The van der Waals surface area contributed by atoms with Gasteiger partial charge in [0.2, 0.25) is 0 Å². The predicted molar refractivity (Wildman–Crippen MR) is 409 cm³/mol. The number of phosphoric acid groups is 2. The molecule has 0 aromatic carbocycles. The zero-order valence-corrected chi connectivity index (χ0v) is 67.3. The van der Waals surface area contributed by atoms with Crippen molar-refractivity contribution in [2.45, 2.75) is 445 Å². The normalized spacial score (nSPS) is 13.9. The maximum atomic E-state index is 13.1. The van der Waals surface area contributed by atoms with Crippen LogP contribution in [0.25, 0.3) is 0 Å². The van der Waals surface area contributed by atoms with Crippen LogP contribution in [-0.4, -0.2) is 96.7 Å². The molecule has 0 aromatic rings. The number of aliphatic hydroxyl groups excluding tert-OH is 1. The van der Waals surface area contributed by atoms with Gasteiger partial charge in [-0.25, -0.2) is 9.13 Å². The number of esters is 4. The number of aliphatic hydroxyl groups is 1. The second-order valence-corrected chi connectivity index (χ2v) is 33.0. The molecule has 0 rings (SSSR count). The van der Waals surface area contributed by atoms with Crippen LogP contribution >= 0.6 is 15.6 Å². The number of hydrogen-bond donors (Lipinski definition) is 3. The number of carbonyl (C=O) groups is 4. The first-order chi connectivity index (χ1) is 48.4.